The number of hydrogen-bond donors (Lipinski definition) is 1. The quantitative estimate of drug-likeness (QED) is 0.644. The molecule has 1 aromatic heterocycles. The van der Waals surface area contributed by atoms with Crippen LogP contribution in [0.4, 0.5) is 0 Å². The number of methoxy groups -OCH3 is 1. The molecule has 0 aromatic carbocycles. The van der Waals surface area contributed by atoms with Gasteiger partial charge < -0.3 is 19.4 Å². The molecule has 1 aromatic rings. The molecular weight excluding hydrogens is 204 g/mol. The van der Waals surface area contributed by atoms with E-state index in [0.29, 0.717) is 13.2 Å². The van der Waals surface area contributed by atoms with Crippen molar-refractivity contribution in [1.29, 1.82) is 0 Å². The van der Waals surface area contributed by atoms with E-state index in [1.165, 1.54) is 5.56 Å². The highest BCUT2D eigenvalue weighted by atomic mass is 16.5. The Bertz CT molecular complexity index is 274. The Kier molecular flexibility index (Phi) is 6.88. The zero-order valence-corrected chi connectivity index (χ0v) is 10.2. The van der Waals surface area contributed by atoms with Gasteiger partial charge in [0, 0.05) is 39.2 Å². The van der Waals surface area contributed by atoms with Gasteiger partial charge in [0.2, 0.25) is 0 Å². The molecule has 0 aliphatic heterocycles. The first-order valence-electron chi connectivity index (χ1n) is 5.72. The van der Waals surface area contributed by atoms with Gasteiger partial charge in [-0.3, -0.25) is 0 Å². The second-order valence-electron chi connectivity index (χ2n) is 3.75. The molecule has 0 radical (unpaired) electrons. The number of nitrogens with one attached hydrogen (secondary N) is 1. The summed E-state index contributed by atoms with van der Waals surface area (Å²) < 4.78 is 12.5. The van der Waals surface area contributed by atoms with Crippen LogP contribution in [-0.4, -0.2) is 38.5 Å². The second-order valence-corrected chi connectivity index (χ2v) is 3.75. The van der Waals surface area contributed by atoms with Crippen molar-refractivity contribution in [2.24, 2.45) is 0 Å². The molecule has 0 unspecified atom stereocenters. The first kappa shape index (κ1) is 13.2. The van der Waals surface area contributed by atoms with Gasteiger partial charge >= 0.3 is 0 Å². The molecule has 4 heteroatoms. The van der Waals surface area contributed by atoms with Gasteiger partial charge in [0.15, 0.2) is 0 Å². The van der Waals surface area contributed by atoms with Crippen LogP contribution in [0.25, 0.3) is 0 Å². The van der Waals surface area contributed by atoms with Crippen molar-refractivity contribution in [1.82, 2.24) is 9.88 Å². The minimum absolute atomic E-state index is 0.676. The highest BCUT2D eigenvalue weighted by Gasteiger charge is 1.95. The molecule has 16 heavy (non-hydrogen) atoms. The van der Waals surface area contributed by atoms with E-state index < -0.39 is 0 Å². The van der Waals surface area contributed by atoms with Crippen molar-refractivity contribution >= 4 is 0 Å². The summed E-state index contributed by atoms with van der Waals surface area (Å²) >= 11 is 0. The van der Waals surface area contributed by atoms with E-state index in [-0.39, 0.29) is 0 Å². The molecule has 92 valence electrons. The van der Waals surface area contributed by atoms with Gasteiger partial charge in [0.1, 0.15) is 0 Å². The summed E-state index contributed by atoms with van der Waals surface area (Å²) in [5.74, 6) is 0. The zero-order valence-electron chi connectivity index (χ0n) is 10.2. The Balaban J connectivity index is 2.07. The Morgan fingerprint density at radius 1 is 1.31 bits per heavy atom. The van der Waals surface area contributed by atoms with Crippen molar-refractivity contribution in [2.75, 3.05) is 34.0 Å². The number of rotatable bonds is 9. The number of nitrogens with zero attached hydrogens (tertiary/aromatic N) is 1. The van der Waals surface area contributed by atoms with E-state index in [0.717, 1.165) is 26.1 Å². The topological polar surface area (TPSA) is 35.4 Å². The minimum atomic E-state index is 0.676. The third kappa shape index (κ3) is 5.30. The fraction of sp³-hybridized carbons (Fsp3) is 0.667. The van der Waals surface area contributed by atoms with Gasteiger partial charge in [-0.15, -0.1) is 0 Å². The maximum Gasteiger partial charge on any atom is 0.0700 e. The average Bonchev–Trinajstić information content (AvgIpc) is 2.72. The SMILES string of the molecule is CNCc1ccn(CCCOCCOC)c1. The lowest BCUT2D eigenvalue weighted by Gasteiger charge is -2.04. The summed E-state index contributed by atoms with van der Waals surface area (Å²) in [7, 11) is 3.65. The van der Waals surface area contributed by atoms with E-state index in [1.807, 2.05) is 7.05 Å². The predicted molar refractivity (Wildman–Crippen MR) is 64.5 cm³/mol. The molecule has 0 fully saturated rings. The molecule has 0 aliphatic carbocycles. The molecule has 0 bridgehead atoms. The standard InChI is InChI=1S/C12H22N2O2/c1-13-10-12-4-6-14(11-12)5-3-7-16-9-8-15-2/h4,6,11,13H,3,5,7-10H2,1-2H3. The molecule has 0 amide bonds. The first-order valence-corrected chi connectivity index (χ1v) is 5.72. The molecule has 0 spiro atoms. The Hall–Kier alpha value is -0.840. The fourth-order valence-corrected chi connectivity index (χ4v) is 1.53. The van der Waals surface area contributed by atoms with E-state index in [4.69, 9.17) is 9.47 Å². The van der Waals surface area contributed by atoms with Crippen LogP contribution in [0.5, 0.6) is 0 Å². The average molecular weight is 226 g/mol. The number of aryl methyl sites for hydroxylation is 1. The molecule has 4 nitrogen and oxygen atoms in total. The lowest BCUT2D eigenvalue weighted by atomic mass is 10.3. The van der Waals surface area contributed by atoms with Crippen molar-refractivity contribution in [2.45, 2.75) is 19.5 Å². The van der Waals surface area contributed by atoms with Crippen LogP contribution in [0.3, 0.4) is 0 Å². The summed E-state index contributed by atoms with van der Waals surface area (Å²) in [4.78, 5) is 0. The Labute approximate surface area is 97.5 Å². The highest BCUT2D eigenvalue weighted by molar-refractivity contribution is 5.09. The van der Waals surface area contributed by atoms with Gasteiger partial charge in [0.25, 0.3) is 0 Å². The van der Waals surface area contributed by atoms with E-state index in [2.05, 4.69) is 28.3 Å². The molecule has 1 heterocycles. The molecular formula is C12H22N2O2. The number of hydrogen-bond acceptors (Lipinski definition) is 3. The van der Waals surface area contributed by atoms with Crippen LogP contribution in [0.15, 0.2) is 18.5 Å². The summed E-state index contributed by atoms with van der Waals surface area (Å²) in [6.07, 6.45) is 5.32. The van der Waals surface area contributed by atoms with Crippen LogP contribution in [0.2, 0.25) is 0 Å². The Morgan fingerprint density at radius 2 is 2.19 bits per heavy atom. The van der Waals surface area contributed by atoms with Crippen LogP contribution < -0.4 is 5.32 Å². The highest BCUT2D eigenvalue weighted by Crippen LogP contribution is 2.01. The molecule has 0 saturated heterocycles. The van der Waals surface area contributed by atoms with Crippen LogP contribution >= 0.6 is 0 Å². The van der Waals surface area contributed by atoms with Crippen LogP contribution in [-0.2, 0) is 22.6 Å². The van der Waals surface area contributed by atoms with Crippen molar-refractivity contribution in [3.63, 3.8) is 0 Å². The summed E-state index contributed by atoms with van der Waals surface area (Å²) in [5.41, 5.74) is 1.32. The van der Waals surface area contributed by atoms with E-state index >= 15 is 0 Å². The molecule has 0 atom stereocenters. The van der Waals surface area contributed by atoms with Gasteiger partial charge in [-0.05, 0) is 25.1 Å². The molecule has 0 aliphatic rings. The molecule has 1 N–H and O–H groups in total. The van der Waals surface area contributed by atoms with Crippen LogP contribution in [0.1, 0.15) is 12.0 Å². The lowest BCUT2D eigenvalue weighted by molar-refractivity contribution is 0.0680. The smallest absolute Gasteiger partial charge is 0.0700 e. The van der Waals surface area contributed by atoms with E-state index in [1.54, 1.807) is 7.11 Å². The van der Waals surface area contributed by atoms with Gasteiger partial charge in [-0.25, -0.2) is 0 Å². The maximum absolute atomic E-state index is 5.40. The largest absolute Gasteiger partial charge is 0.382 e. The van der Waals surface area contributed by atoms with Gasteiger partial charge in [-0.2, -0.15) is 0 Å². The van der Waals surface area contributed by atoms with Gasteiger partial charge in [-0.1, -0.05) is 0 Å². The fourth-order valence-electron chi connectivity index (χ4n) is 1.53. The number of aromatic nitrogens is 1. The lowest BCUT2D eigenvalue weighted by Crippen LogP contribution is -2.06. The predicted octanol–water partition coefficient (Wildman–Crippen LogP) is 1.26. The van der Waals surface area contributed by atoms with Crippen LogP contribution in [0, 0.1) is 0 Å². The number of ether oxygens (including phenoxy) is 2. The normalized spacial score (nSPS) is 10.9. The minimum Gasteiger partial charge on any atom is -0.382 e. The summed E-state index contributed by atoms with van der Waals surface area (Å²) in [6.45, 7) is 4.10. The third-order valence-electron chi connectivity index (χ3n) is 2.33. The Morgan fingerprint density at radius 3 is 2.94 bits per heavy atom. The zero-order chi connectivity index (χ0) is 11.6. The third-order valence-corrected chi connectivity index (χ3v) is 2.33. The van der Waals surface area contributed by atoms with Crippen molar-refractivity contribution in [3.05, 3.63) is 24.0 Å². The van der Waals surface area contributed by atoms with Gasteiger partial charge in [0.05, 0.1) is 13.2 Å². The maximum atomic E-state index is 5.40. The molecule has 0 saturated carbocycles. The second kappa shape index (κ2) is 8.33. The summed E-state index contributed by atoms with van der Waals surface area (Å²) in [6, 6.07) is 2.14. The summed E-state index contributed by atoms with van der Waals surface area (Å²) in [5, 5.41) is 3.14. The van der Waals surface area contributed by atoms with Crippen molar-refractivity contribution < 1.29 is 9.47 Å². The monoisotopic (exact) mass is 226 g/mol. The van der Waals surface area contributed by atoms with E-state index in [9.17, 15) is 0 Å². The molecule has 1 rings (SSSR count). The van der Waals surface area contributed by atoms with Crippen molar-refractivity contribution in [3.8, 4) is 0 Å². The first-order chi connectivity index (χ1) is 7.86.